The highest BCUT2D eigenvalue weighted by molar-refractivity contribution is 7.09. The summed E-state index contributed by atoms with van der Waals surface area (Å²) in [6.07, 6.45) is 0. The average molecular weight is 248 g/mol. The lowest BCUT2D eigenvalue weighted by Crippen LogP contribution is -2.48. The van der Waals surface area contributed by atoms with Crippen molar-refractivity contribution >= 4 is 23.7 Å². The highest BCUT2D eigenvalue weighted by Gasteiger charge is 2.16. The number of rotatable bonds is 2. The molecule has 2 rings (SSSR count). The molecule has 1 aliphatic heterocycles. The Labute approximate surface area is 101 Å². The smallest absolute Gasteiger partial charge is 0.107 e. The van der Waals surface area contributed by atoms with Crippen molar-refractivity contribution in [1.29, 1.82) is 0 Å². The first kappa shape index (κ1) is 12.9. The van der Waals surface area contributed by atoms with E-state index in [9.17, 15) is 0 Å². The zero-order valence-corrected chi connectivity index (χ0v) is 10.8. The Balaban J connectivity index is 0.00000112. The van der Waals surface area contributed by atoms with Crippen molar-refractivity contribution in [2.24, 2.45) is 0 Å². The Bertz CT molecular complexity index is 303. The van der Waals surface area contributed by atoms with Crippen molar-refractivity contribution in [2.45, 2.75) is 26.4 Å². The lowest BCUT2D eigenvalue weighted by molar-refractivity contribution is 0.199. The summed E-state index contributed by atoms with van der Waals surface area (Å²) in [5.41, 5.74) is 1.15. The van der Waals surface area contributed by atoms with Crippen LogP contribution in [-0.4, -0.2) is 35.6 Å². The predicted octanol–water partition coefficient (Wildman–Crippen LogP) is 1.67. The van der Waals surface area contributed by atoms with Gasteiger partial charge in [0.15, 0.2) is 0 Å². The molecule has 2 heterocycles. The Morgan fingerprint density at radius 2 is 2.47 bits per heavy atom. The molecule has 0 aromatic carbocycles. The van der Waals surface area contributed by atoms with Gasteiger partial charge in [0.05, 0.1) is 6.54 Å². The minimum atomic E-state index is 0. The fraction of sp³-hybridized carbons (Fsp3) is 0.700. The molecule has 0 amide bonds. The van der Waals surface area contributed by atoms with Gasteiger partial charge in [0.2, 0.25) is 0 Å². The number of nitrogens with one attached hydrogen (secondary N) is 1. The van der Waals surface area contributed by atoms with Crippen molar-refractivity contribution in [2.75, 3.05) is 19.6 Å². The van der Waals surface area contributed by atoms with Crippen molar-refractivity contribution < 1.29 is 0 Å². The maximum atomic E-state index is 4.49. The second-order valence-electron chi connectivity index (χ2n) is 3.97. The Kier molecular flexibility index (Phi) is 4.99. The van der Waals surface area contributed by atoms with Gasteiger partial charge in [0.1, 0.15) is 5.01 Å². The van der Waals surface area contributed by atoms with Crippen LogP contribution in [0.5, 0.6) is 0 Å². The highest BCUT2D eigenvalue weighted by Crippen LogP contribution is 2.12. The zero-order chi connectivity index (χ0) is 9.97. The second kappa shape index (κ2) is 5.80. The summed E-state index contributed by atoms with van der Waals surface area (Å²) in [6.45, 7) is 8.69. The summed E-state index contributed by atoms with van der Waals surface area (Å²) in [4.78, 5) is 6.96. The average Bonchev–Trinajstić information content (AvgIpc) is 2.51. The van der Waals surface area contributed by atoms with Crippen LogP contribution in [0.4, 0.5) is 0 Å². The van der Waals surface area contributed by atoms with Gasteiger partial charge in [0.25, 0.3) is 0 Å². The van der Waals surface area contributed by atoms with Gasteiger partial charge >= 0.3 is 0 Å². The molecule has 1 aromatic rings. The number of piperazine rings is 1. The van der Waals surface area contributed by atoms with Gasteiger partial charge in [-0.25, -0.2) is 4.98 Å². The highest BCUT2D eigenvalue weighted by atomic mass is 35.5. The van der Waals surface area contributed by atoms with E-state index in [2.05, 4.69) is 34.4 Å². The molecular weight excluding hydrogens is 230 g/mol. The summed E-state index contributed by atoms with van der Waals surface area (Å²) in [7, 11) is 0. The zero-order valence-electron chi connectivity index (χ0n) is 9.19. The number of thiazole rings is 1. The number of halogens is 1. The number of aromatic nitrogens is 1. The molecule has 3 nitrogen and oxygen atoms in total. The summed E-state index contributed by atoms with van der Waals surface area (Å²) in [5, 5.41) is 6.82. The number of hydrogen-bond acceptors (Lipinski definition) is 4. The van der Waals surface area contributed by atoms with E-state index in [0.717, 1.165) is 31.9 Å². The SMILES string of the molecule is Cc1csc(CN2CCNC(C)C2)n1.Cl. The van der Waals surface area contributed by atoms with Gasteiger partial charge < -0.3 is 5.32 Å². The van der Waals surface area contributed by atoms with Crippen molar-refractivity contribution in [1.82, 2.24) is 15.2 Å². The van der Waals surface area contributed by atoms with Crippen LogP contribution in [0.2, 0.25) is 0 Å². The lowest BCUT2D eigenvalue weighted by atomic mass is 10.2. The summed E-state index contributed by atoms with van der Waals surface area (Å²) in [5.74, 6) is 0. The third kappa shape index (κ3) is 3.72. The van der Waals surface area contributed by atoms with Crippen LogP contribution in [-0.2, 0) is 6.54 Å². The van der Waals surface area contributed by atoms with Crippen LogP contribution in [0.25, 0.3) is 0 Å². The van der Waals surface area contributed by atoms with Gasteiger partial charge in [0, 0.05) is 36.8 Å². The largest absolute Gasteiger partial charge is 0.312 e. The van der Waals surface area contributed by atoms with Gasteiger partial charge in [-0.1, -0.05) is 0 Å². The Morgan fingerprint density at radius 1 is 1.67 bits per heavy atom. The number of aryl methyl sites for hydroxylation is 1. The van der Waals surface area contributed by atoms with Crippen LogP contribution < -0.4 is 5.32 Å². The topological polar surface area (TPSA) is 28.2 Å². The molecule has 1 atom stereocenters. The van der Waals surface area contributed by atoms with E-state index in [0.29, 0.717) is 6.04 Å². The minimum absolute atomic E-state index is 0. The van der Waals surface area contributed by atoms with Gasteiger partial charge in [-0.2, -0.15) is 0 Å². The van der Waals surface area contributed by atoms with Crippen molar-refractivity contribution in [3.05, 3.63) is 16.1 Å². The minimum Gasteiger partial charge on any atom is -0.312 e. The van der Waals surface area contributed by atoms with Gasteiger partial charge in [-0.15, -0.1) is 23.7 Å². The van der Waals surface area contributed by atoms with Crippen molar-refractivity contribution in [3.63, 3.8) is 0 Å². The van der Waals surface area contributed by atoms with Crippen molar-refractivity contribution in [3.8, 4) is 0 Å². The molecule has 0 radical (unpaired) electrons. The monoisotopic (exact) mass is 247 g/mol. The molecule has 0 saturated carbocycles. The maximum absolute atomic E-state index is 4.49. The Morgan fingerprint density at radius 3 is 3.07 bits per heavy atom. The van der Waals surface area contributed by atoms with E-state index in [4.69, 9.17) is 0 Å². The molecule has 0 spiro atoms. The number of hydrogen-bond donors (Lipinski definition) is 1. The molecule has 1 saturated heterocycles. The third-order valence-electron chi connectivity index (χ3n) is 2.48. The summed E-state index contributed by atoms with van der Waals surface area (Å²) < 4.78 is 0. The second-order valence-corrected chi connectivity index (χ2v) is 4.92. The molecule has 1 fully saturated rings. The standard InChI is InChI=1S/C10H17N3S.ClH/c1-8-5-13(4-3-11-8)6-10-12-9(2)7-14-10;/h7-8,11H,3-6H2,1-2H3;1H. The molecule has 5 heteroatoms. The molecule has 1 N–H and O–H groups in total. The van der Waals surface area contributed by atoms with E-state index in [1.54, 1.807) is 11.3 Å². The molecule has 86 valence electrons. The van der Waals surface area contributed by atoms with Crippen LogP contribution >= 0.6 is 23.7 Å². The summed E-state index contributed by atoms with van der Waals surface area (Å²) >= 11 is 1.77. The van der Waals surface area contributed by atoms with E-state index in [1.165, 1.54) is 5.01 Å². The van der Waals surface area contributed by atoms with E-state index in [-0.39, 0.29) is 12.4 Å². The maximum Gasteiger partial charge on any atom is 0.107 e. The van der Waals surface area contributed by atoms with E-state index in [1.807, 2.05) is 0 Å². The van der Waals surface area contributed by atoms with Gasteiger partial charge in [-0.3, -0.25) is 4.90 Å². The molecule has 15 heavy (non-hydrogen) atoms. The molecule has 0 aliphatic carbocycles. The quantitative estimate of drug-likeness (QED) is 0.862. The van der Waals surface area contributed by atoms with Gasteiger partial charge in [-0.05, 0) is 13.8 Å². The first-order valence-electron chi connectivity index (χ1n) is 5.11. The third-order valence-corrected chi connectivity index (χ3v) is 3.43. The number of nitrogens with zero attached hydrogens (tertiary/aromatic N) is 2. The lowest BCUT2D eigenvalue weighted by Gasteiger charge is -2.31. The first-order chi connectivity index (χ1) is 6.74. The van der Waals surface area contributed by atoms with Crippen LogP contribution in [0.1, 0.15) is 17.6 Å². The van der Waals surface area contributed by atoms with E-state index >= 15 is 0 Å². The van der Waals surface area contributed by atoms with Crippen LogP contribution in [0, 0.1) is 6.92 Å². The Hall–Kier alpha value is -0.160. The fourth-order valence-electron chi connectivity index (χ4n) is 1.82. The molecular formula is C10H18ClN3S. The molecule has 1 unspecified atom stereocenters. The molecule has 1 aromatic heterocycles. The van der Waals surface area contributed by atoms with Crippen LogP contribution in [0.15, 0.2) is 5.38 Å². The first-order valence-corrected chi connectivity index (χ1v) is 5.99. The van der Waals surface area contributed by atoms with E-state index < -0.39 is 0 Å². The normalized spacial score (nSPS) is 22.4. The molecule has 1 aliphatic rings. The predicted molar refractivity (Wildman–Crippen MR) is 66.8 cm³/mol. The molecule has 0 bridgehead atoms. The summed E-state index contributed by atoms with van der Waals surface area (Å²) in [6, 6.07) is 0.616. The fourth-order valence-corrected chi connectivity index (χ4v) is 2.64. The van der Waals surface area contributed by atoms with Crippen LogP contribution in [0.3, 0.4) is 0 Å².